The molecule has 4 heteroatoms. The van der Waals surface area contributed by atoms with Crippen LogP contribution in [0.4, 0.5) is 0 Å². The smallest absolute Gasteiger partial charge is 0.223 e. The highest BCUT2D eigenvalue weighted by Gasteiger charge is 2.25. The van der Waals surface area contributed by atoms with Crippen LogP contribution in [-0.2, 0) is 4.79 Å². The van der Waals surface area contributed by atoms with E-state index in [2.05, 4.69) is 17.1 Å². The first-order valence-corrected chi connectivity index (χ1v) is 7.27. The number of carbonyl (C=O) groups excluding carboxylic acids is 1. The highest BCUT2D eigenvalue weighted by Crippen LogP contribution is 2.26. The Hall–Kier alpha value is -0.280. The van der Waals surface area contributed by atoms with Crippen LogP contribution in [0.5, 0.6) is 0 Å². The molecule has 2 rings (SSSR count). The minimum absolute atomic E-state index is 0. The second kappa shape index (κ2) is 8.00. The van der Waals surface area contributed by atoms with E-state index >= 15 is 0 Å². The minimum atomic E-state index is 0. The van der Waals surface area contributed by atoms with Crippen LogP contribution >= 0.6 is 12.4 Å². The molecule has 0 aromatic rings. The lowest BCUT2D eigenvalue weighted by atomic mass is 9.95. The van der Waals surface area contributed by atoms with Crippen molar-refractivity contribution in [3.63, 3.8) is 0 Å². The number of rotatable bonds is 2. The summed E-state index contributed by atoms with van der Waals surface area (Å²) >= 11 is 0. The van der Waals surface area contributed by atoms with Gasteiger partial charge in [0.15, 0.2) is 0 Å². The average Bonchev–Trinajstić information content (AvgIpc) is 2.58. The van der Waals surface area contributed by atoms with E-state index in [1.54, 1.807) is 0 Å². The van der Waals surface area contributed by atoms with Gasteiger partial charge >= 0.3 is 0 Å². The largest absolute Gasteiger partial charge is 0.337 e. The maximum atomic E-state index is 12.3. The van der Waals surface area contributed by atoms with Crippen molar-refractivity contribution in [2.75, 3.05) is 19.6 Å². The molecule has 3 nitrogen and oxygen atoms in total. The second-order valence-electron chi connectivity index (χ2n) is 5.70. The van der Waals surface area contributed by atoms with Gasteiger partial charge in [-0.3, -0.25) is 4.79 Å². The molecule has 106 valence electrons. The van der Waals surface area contributed by atoms with E-state index in [0.29, 0.717) is 17.9 Å². The fourth-order valence-corrected chi connectivity index (χ4v) is 3.14. The molecule has 1 aliphatic heterocycles. The van der Waals surface area contributed by atoms with Gasteiger partial charge in [-0.1, -0.05) is 25.7 Å². The van der Waals surface area contributed by atoms with Gasteiger partial charge in [0.05, 0.1) is 0 Å². The Balaban J connectivity index is 0.00000162. The molecule has 1 aliphatic carbocycles. The van der Waals surface area contributed by atoms with Gasteiger partial charge in [0.25, 0.3) is 0 Å². The fourth-order valence-electron chi connectivity index (χ4n) is 3.14. The molecule has 1 N–H and O–H groups in total. The fraction of sp³-hybridized carbons (Fsp3) is 0.929. The van der Waals surface area contributed by atoms with E-state index in [1.807, 2.05) is 0 Å². The van der Waals surface area contributed by atoms with Gasteiger partial charge in [0.2, 0.25) is 5.91 Å². The molecule has 0 aromatic carbocycles. The van der Waals surface area contributed by atoms with Crippen LogP contribution in [0.1, 0.15) is 51.9 Å². The Labute approximate surface area is 117 Å². The summed E-state index contributed by atoms with van der Waals surface area (Å²) in [7, 11) is 0. The van der Waals surface area contributed by atoms with Gasteiger partial charge in [-0.05, 0) is 25.7 Å². The molecule has 1 saturated carbocycles. The molecule has 0 spiro atoms. The van der Waals surface area contributed by atoms with Crippen molar-refractivity contribution in [2.24, 2.45) is 5.92 Å². The molecule has 0 radical (unpaired) electrons. The third-order valence-electron chi connectivity index (χ3n) is 4.26. The van der Waals surface area contributed by atoms with Gasteiger partial charge in [0, 0.05) is 32.1 Å². The SMILES string of the molecule is C[C@@H]1CNCCN1C(=O)CC1CCCCCC1.Cl. The normalized spacial score (nSPS) is 26.3. The summed E-state index contributed by atoms with van der Waals surface area (Å²) in [5, 5.41) is 3.34. The molecule has 1 amide bonds. The first-order chi connectivity index (χ1) is 8.27. The standard InChI is InChI=1S/C14H26N2O.ClH/c1-12-11-15-8-9-16(12)14(17)10-13-6-4-2-3-5-7-13;/h12-13,15H,2-11H2,1H3;1H/t12-;/m1./s1. The maximum absolute atomic E-state index is 12.3. The summed E-state index contributed by atoms with van der Waals surface area (Å²) in [5.41, 5.74) is 0. The van der Waals surface area contributed by atoms with Crippen LogP contribution in [0.3, 0.4) is 0 Å². The Morgan fingerprint density at radius 3 is 2.50 bits per heavy atom. The van der Waals surface area contributed by atoms with E-state index in [1.165, 1.54) is 38.5 Å². The van der Waals surface area contributed by atoms with Crippen molar-refractivity contribution in [2.45, 2.75) is 57.9 Å². The van der Waals surface area contributed by atoms with E-state index in [-0.39, 0.29) is 12.4 Å². The molecule has 0 unspecified atom stereocenters. The van der Waals surface area contributed by atoms with E-state index < -0.39 is 0 Å². The number of hydrogen-bond donors (Lipinski definition) is 1. The molecule has 1 heterocycles. The molecule has 1 atom stereocenters. The van der Waals surface area contributed by atoms with E-state index in [9.17, 15) is 4.79 Å². The number of nitrogens with zero attached hydrogens (tertiary/aromatic N) is 1. The lowest BCUT2D eigenvalue weighted by Crippen LogP contribution is -2.52. The first kappa shape index (κ1) is 15.8. The van der Waals surface area contributed by atoms with Crippen molar-refractivity contribution in [3.05, 3.63) is 0 Å². The quantitative estimate of drug-likeness (QED) is 0.785. The van der Waals surface area contributed by atoms with Crippen LogP contribution in [-0.4, -0.2) is 36.5 Å². The third-order valence-corrected chi connectivity index (χ3v) is 4.26. The van der Waals surface area contributed by atoms with Crippen LogP contribution in [0, 0.1) is 5.92 Å². The first-order valence-electron chi connectivity index (χ1n) is 7.27. The molecule has 0 aromatic heterocycles. The maximum Gasteiger partial charge on any atom is 0.223 e. The average molecular weight is 275 g/mol. The summed E-state index contributed by atoms with van der Waals surface area (Å²) in [6.07, 6.45) is 8.73. The van der Waals surface area contributed by atoms with Gasteiger partial charge in [-0.25, -0.2) is 0 Å². The summed E-state index contributed by atoms with van der Waals surface area (Å²) in [6.45, 7) is 4.96. The highest BCUT2D eigenvalue weighted by atomic mass is 35.5. The number of nitrogens with one attached hydrogen (secondary N) is 1. The Morgan fingerprint density at radius 1 is 1.22 bits per heavy atom. The predicted octanol–water partition coefficient (Wildman–Crippen LogP) is 2.59. The third kappa shape index (κ3) is 4.43. The van der Waals surface area contributed by atoms with Crippen LogP contribution in [0.15, 0.2) is 0 Å². The molecule has 1 saturated heterocycles. The topological polar surface area (TPSA) is 32.3 Å². The minimum Gasteiger partial charge on any atom is -0.337 e. The monoisotopic (exact) mass is 274 g/mol. The Bertz CT molecular complexity index is 252. The Kier molecular flexibility index (Phi) is 7.02. The molecular weight excluding hydrogens is 248 g/mol. The number of piperazine rings is 1. The van der Waals surface area contributed by atoms with Gasteiger partial charge in [0.1, 0.15) is 0 Å². The van der Waals surface area contributed by atoms with Crippen LogP contribution < -0.4 is 5.32 Å². The zero-order valence-electron chi connectivity index (χ0n) is 11.5. The summed E-state index contributed by atoms with van der Waals surface area (Å²) in [5.74, 6) is 1.05. The molecule has 2 fully saturated rings. The van der Waals surface area contributed by atoms with Crippen molar-refractivity contribution in [1.29, 1.82) is 0 Å². The molecule has 2 aliphatic rings. The highest BCUT2D eigenvalue weighted by molar-refractivity contribution is 5.85. The van der Waals surface area contributed by atoms with Crippen LogP contribution in [0.2, 0.25) is 0 Å². The van der Waals surface area contributed by atoms with Gasteiger partial charge < -0.3 is 10.2 Å². The Morgan fingerprint density at radius 2 is 1.89 bits per heavy atom. The van der Waals surface area contributed by atoms with E-state index in [0.717, 1.165) is 26.1 Å². The summed E-state index contributed by atoms with van der Waals surface area (Å²) < 4.78 is 0. The molecule has 18 heavy (non-hydrogen) atoms. The van der Waals surface area contributed by atoms with Crippen molar-refractivity contribution >= 4 is 18.3 Å². The van der Waals surface area contributed by atoms with E-state index in [4.69, 9.17) is 0 Å². The lowest BCUT2D eigenvalue weighted by molar-refractivity contribution is -0.135. The van der Waals surface area contributed by atoms with Gasteiger partial charge in [-0.2, -0.15) is 0 Å². The number of halogens is 1. The van der Waals surface area contributed by atoms with Crippen molar-refractivity contribution in [3.8, 4) is 0 Å². The zero-order chi connectivity index (χ0) is 12.1. The lowest BCUT2D eigenvalue weighted by Gasteiger charge is -2.35. The second-order valence-corrected chi connectivity index (χ2v) is 5.70. The summed E-state index contributed by atoms with van der Waals surface area (Å²) in [4.78, 5) is 14.4. The zero-order valence-corrected chi connectivity index (χ0v) is 12.3. The van der Waals surface area contributed by atoms with Crippen molar-refractivity contribution < 1.29 is 4.79 Å². The summed E-state index contributed by atoms with van der Waals surface area (Å²) in [6, 6.07) is 0.377. The molecular formula is C14H27ClN2O. The predicted molar refractivity (Wildman–Crippen MR) is 77.1 cm³/mol. The van der Waals surface area contributed by atoms with Crippen molar-refractivity contribution in [1.82, 2.24) is 10.2 Å². The number of amides is 1. The van der Waals surface area contributed by atoms with Gasteiger partial charge in [-0.15, -0.1) is 12.4 Å². The molecule has 0 bridgehead atoms. The van der Waals surface area contributed by atoms with Crippen LogP contribution in [0.25, 0.3) is 0 Å². The number of carbonyl (C=O) groups is 1. The number of hydrogen-bond acceptors (Lipinski definition) is 2.